The van der Waals surface area contributed by atoms with Crippen LogP contribution in [0.25, 0.3) is 0 Å². The predicted octanol–water partition coefficient (Wildman–Crippen LogP) is 7.54. The van der Waals surface area contributed by atoms with E-state index in [9.17, 15) is 9.90 Å². The van der Waals surface area contributed by atoms with Crippen LogP contribution in [0.1, 0.15) is 105 Å². The van der Waals surface area contributed by atoms with Gasteiger partial charge in [-0.3, -0.25) is 4.79 Å². The zero-order chi connectivity index (χ0) is 25.1. The van der Waals surface area contributed by atoms with Gasteiger partial charge in [-0.25, -0.2) is 0 Å². The first-order valence-corrected chi connectivity index (χ1v) is 14.3. The Balaban J connectivity index is 0.000000552. The van der Waals surface area contributed by atoms with Crippen molar-refractivity contribution in [2.24, 2.45) is 46.3 Å². The molecule has 3 radical (unpaired) electrons. The van der Waals surface area contributed by atoms with Gasteiger partial charge < -0.3 is 15.5 Å². The van der Waals surface area contributed by atoms with Crippen molar-refractivity contribution in [2.45, 2.75) is 111 Å². The van der Waals surface area contributed by atoms with Gasteiger partial charge in [0.25, 0.3) is 0 Å². The molecule has 0 aromatic carbocycles. The number of likely N-dealkylation sites (N-methyl/N-ethyl adjacent to an activating group) is 1. The van der Waals surface area contributed by atoms with Crippen LogP contribution >= 0.6 is 9.90 Å². The quantitative estimate of drug-likeness (QED) is 0.246. The molecule has 3 fully saturated rings. The Labute approximate surface area is 219 Å². The largest absolute Gasteiger partial charge is 0.480 e. The Morgan fingerprint density at radius 2 is 1.80 bits per heavy atom. The minimum absolute atomic E-state index is 0. The summed E-state index contributed by atoms with van der Waals surface area (Å²) in [4.78, 5) is 9.54. The van der Waals surface area contributed by atoms with E-state index < -0.39 is 5.97 Å². The number of aliphatic hydroxyl groups is 1. The fourth-order valence-corrected chi connectivity index (χ4v) is 8.82. The predicted molar refractivity (Wildman–Crippen MR) is 148 cm³/mol. The summed E-state index contributed by atoms with van der Waals surface area (Å²) in [6, 6.07) is 0. The molecule has 0 aromatic heterocycles. The summed E-state index contributed by atoms with van der Waals surface area (Å²) in [6.45, 7) is 12.6. The van der Waals surface area contributed by atoms with Crippen molar-refractivity contribution in [1.82, 2.24) is 5.32 Å². The second kappa shape index (κ2) is 12.9. The molecule has 5 heteroatoms. The van der Waals surface area contributed by atoms with E-state index in [-0.39, 0.29) is 22.5 Å². The topological polar surface area (TPSA) is 69.6 Å². The highest BCUT2D eigenvalue weighted by molar-refractivity contribution is 6.92. The number of aliphatic hydroxyl groups excluding tert-OH is 1. The van der Waals surface area contributed by atoms with E-state index in [1.54, 1.807) is 12.6 Å². The van der Waals surface area contributed by atoms with Gasteiger partial charge in [0.2, 0.25) is 0 Å². The molecule has 0 aliphatic heterocycles. The van der Waals surface area contributed by atoms with Gasteiger partial charge in [0.15, 0.2) is 0 Å². The van der Waals surface area contributed by atoms with Crippen LogP contribution in [0.4, 0.5) is 0 Å². The van der Waals surface area contributed by atoms with Crippen LogP contribution in [0.5, 0.6) is 0 Å². The van der Waals surface area contributed by atoms with Gasteiger partial charge >= 0.3 is 5.97 Å². The van der Waals surface area contributed by atoms with E-state index in [1.807, 2.05) is 0 Å². The van der Waals surface area contributed by atoms with Crippen molar-refractivity contribution < 1.29 is 15.0 Å². The summed E-state index contributed by atoms with van der Waals surface area (Å²) in [5, 5.41) is 20.5. The summed E-state index contributed by atoms with van der Waals surface area (Å²) in [5.41, 5.74) is 2.60. The SMILES string of the molecule is CC(C)CCC[C@@H](C)[C@H]1CC[C@H]2[C@@H]3CC=C4C[C@@H](O)CC[C@]4(C)[C@H]3CC[C@]12C.CNCC(=O)O.[P]. The van der Waals surface area contributed by atoms with Gasteiger partial charge in [-0.15, -0.1) is 0 Å². The van der Waals surface area contributed by atoms with Crippen LogP contribution < -0.4 is 5.32 Å². The highest BCUT2D eigenvalue weighted by Crippen LogP contribution is 2.67. The maximum absolute atomic E-state index is 10.2. The first-order chi connectivity index (χ1) is 16.0. The number of carboxylic acids is 1. The molecule has 3 N–H and O–H groups in total. The molecule has 4 aliphatic carbocycles. The molecule has 3 saturated carbocycles. The Hall–Kier alpha value is -0.440. The fraction of sp³-hybridized carbons (Fsp3) is 0.900. The maximum Gasteiger partial charge on any atom is 0.317 e. The zero-order valence-corrected chi connectivity index (χ0v) is 24.2. The molecule has 4 nitrogen and oxygen atoms in total. The van der Waals surface area contributed by atoms with Crippen molar-refractivity contribution >= 4 is 15.9 Å². The number of carboxylic acid groups (broad SMARTS) is 1. The fourth-order valence-electron chi connectivity index (χ4n) is 8.82. The number of carbonyl (C=O) groups is 1. The minimum Gasteiger partial charge on any atom is -0.480 e. The monoisotopic (exact) mass is 506 g/mol. The molecule has 4 aliphatic rings. The summed E-state index contributed by atoms with van der Waals surface area (Å²) < 4.78 is 0. The first kappa shape index (κ1) is 30.8. The van der Waals surface area contributed by atoms with Gasteiger partial charge in [0, 0.05) is 9.90 Å². The molecule has 0 bridgehead atoms. The second-order valence-electron chi connectivity index (χ2n) is 13.1. The van der Waals surface area contributed by atoms with Crippen molar-refractivity contribution in [3.8, 4) is 0 Å². The lowest BCUT2D eigenvalue weighted by molar-refractivity contribution is -0.135. The molecule has 0 saturated heterocycles. The summed E-state index contributed by atoms with van der Waals surface area (Å²) >= 11 is 0. The van der Waals surface area contributed by atoms with Crippen molar-refractivity contribution in [2.75, 3.05) is 13.6 Å². The molecule has 0 unspecified atom stereocenters. The summed E-state index contributed by atoms with van der Waals surface area (Å²) in [6.07, 6.45) is 17.2. The Bertz CT molecular complexity index is 724. The first-order valence-electron chi connectivity index (χ1n) is 14.3. The summed E-state index contributed by atoms with van der Waals surface area (Å²) in [7, 11) is 1.59. The van der Waals surface area contributed by atoms with E-state index in [0.29, 0.717) is 10.8 Å². The summed E-state index contributed by atoms with van der Waals surface area (Å²) in [5.74, 6) is 4.64. The lowest BCUT2D eigenvalue weighted by Crippen LogP contribution is -2.50. The Kier molecular flexibility index (Phi) is 11.3. The lowest BCUT2D eigenvalue weighted by Gasteiger charge is -2.58. The smallest absolute Gasteiger partial charge is 0.317 e. The van der Waals surface area contributed by atoms with Gasteiger partial charge in [0.1, 0.15) is 0 Å². The average Bonchev–Trinajstić information content (AvgIpc) is 3.11. The normalized spacial score (nSPS) is 38.6. The van der Waals surface area contributed by atoms with Crippen LogP contribution in [0.3, 0.4) is 0 Å². The molecule has 4 rings (SSSR count). The number of aliphatic carboxylic acids is 1. The third kappa shape index (κ3) is 6.71. The van der Waals surface area contributed by atoms with Crippen LogP contribution in [-0.2, 0) is 4.79 Å². The molecular formula is C30H53NO3P. The van der Waals surface area contributed by atoms with Gasteiger partial charge in [0.05, 0.1) is 12.6 Å². The zero-order valence-electron chi connectivity index (χ0n) is 23.4. The highest BCUT2D eigenvalue weighted by Gasteiger charge is 2.59. The number of nitrogens with one attached hydrogen (secondary N) is 1. The highest BCUT2D eigenvalue weighted by atomic mass is 31.0. The Morgan fingerprint density at radius 1 is 1.09 bits per heavy atom. The second-order valence-corrected chi connectivity index (χ2v) is 13.1. The third-order valence-corrected chi connectivity index (χ3v) is 10.6. The molecule has 0 amide bonds. The van der Waals surface area contributed by atoms with E-state index in [0.717, 1.165) is 48.3 Å². The third-order valence-electron chi connectivity index (χ3n) is 10.6. The van der Waals surface area contributed by atoms with Crippen LogP contribution in [0.15, 0.2) is 11.6 Å². The molecule has 201 valence electrons. The van der Waals surface area contributed by atoms with E-state index >= 15 is 0 Å². The van der Waals surface area contributed by atoms with E-state index in [2.05, 4.69) is 46.0 Å². The van der Waals surface area contributed by atoms with Gasteiger partial charge in [-0.05, 0) is 105 Å². The van der Waals surface area contributed by atoms with Crippen LogP contribution in [0, 0.1) is 46.3 Å². The maximum atomic E-state index is 10.2. The number of allylic oxidation sites excluding steroid dienone is 1. The molecule has 0 spiro atoms. The van der Waals surface area contributed by atoms with Crippen LogP contribution in [0.2, 0.25) is 0 Å². The van der Waals surface area contributed by atoms with Gasteiger partial charge in [-0.1, -0.05) is 65.5 Å². The van der Waals surface area contributed by atoms with Crippen molar-refractivity contribution in [1.29, 1.82) is 0 Å². The standard InChI is InChI=1S/C27H46O.C3H7NO2.P/c1-18(2)7-6-8-19(3)23-11-12-24-22-10-9-20-17-21(28)13-15-26(20,4)25(22)14-16-27(23,24)5;1-4-2-3(5)6;/h9,18-19,21-25,28H,6-8,10-17H2,1-5H3;4H,2H2,1H3,(H,5,6);/t19-,21+,22+,23-,24+,25+,26+,27-;;/m1../s1. The number of rotatable bonds is 7. The molecule has 0 heterocycles. The number of fused-ring (bicyclic) bond motifs is 5. The Morgan fingerprint density at radius 3 is 2.40 bits per heavy atom. The van der Waals surface area contributed by atoms with Gasteiger partial charge in [-0.2, -0.15) is 0 Å². The van der Waals surface area contributed by atoms with E-state index in [4.69, 9.17) is 5.11 Å². The van der Waals surface area contributed by atoms with Crippen molar-refractivity contribution in [3.63, 3.8) is 0 Å². The average molecular weight is 507 g/mol. The number of hydrogen-bond acceptors (Lipinski definition) is 3. The molecule has 0 aromatic rings. The molecule has 35 heavy (non-hydrogen) atoms. The van der Waals surface area contributed by atoms with Crippen molar-refractivity contribution in [3.05, 3.63) is 11.6 Å². The molecule has 8 atom stereocenters. The lowest BCUT2D eigenvalue weighted by atomic mass is 9.47. The minimum atomic E-state index is -0.822. The van der Waals surface area contributed by atoms with E-state index in [1.165, 1.54) is 57.8 Å². The number of hydrogen-bond donors (Lipinski definition) is 3. The molecular weight excluding hydrogens is 453 g/mol. The van der Waals surface area contributed by atoms with Crippen LogP contribution in [-0.4, -0.2) is 35.9 Å².